The number of carbonyl (C=O) groups is 2. The zero-order valence-corrected chi connectivity index (χ0v) is 17.3. The molecule has 1 aromatic rings. The number of rotatable bonds is 5. The number of hydrogen-bond acceptors (Lipinski definition) is 5. The van der Waals surface area contributed by atoms with Crippen LogP contribution in [0, 0.1) is 5.92 Å². The molecule has 1 N–H and O–H groups in total. The van der Waals surface area contributed by atoms with Gasteiger partial charge in [-0.2, -0.15) is 0 Å². The minimum atomic E-state index is -0.120. The summed E-state index contributed by atoms with van der Waals surface area (Å²) >= 11 is 3.33. The second kappa shape index (κ2) is 9.61. The third-order valence-electron chi connectivity index (χ3n) is 5.16. The topological polar surface area (TPSA) is 74.8 Å². The Hall–Kier alpha value is -1.51. The molecule has 2 fully saturated rings. The molecule has 7 nitrogen and oxygen atoms in total. The van der Waals surface area contributed by atoms with E-state index < -0.39 is 0 Å². The molecule has 2 atom stereocenters. The lowest BCUT2D eigenvalue weighted by atomic mass is 9.97. The van der Waals surface area contributed by atoms with Crippen LogP contribution in [0.5, 0.6) is 0 Å². The van der Waals surface area contributed by atoms with Crippen LogP contribution in [0.3, 0.4) is 0 Å². The minimum absolute atomic E-state index is 0.0283. The number of carbonyl (C=O) groups excluding carboxylic acids is 2. The van der Waals surface area contributed by atoms with Crippen LogP contribution in [-0.2, 0) is 14.3 Å². The van der Waals surface area contributed by atoms with Crippen molar-refractivity contribution >= 4 is 33.6 Å². The van der Waals surface area contributed by atoms with Crippen molar-refractivity contribution in [3.05, 3.63) is 22.8 Å². The van der Waals surface area contributed by atoms with E-state index in [0.29, 0.717) is 38.6 Å². The molecular weight excluding hydrogens is 412 g/mol. The van der Waals surface area contributed by atoms with E-state index in [1.165, 1.54) is 0 Å². The van der Waals surface area contributed by atoms with E-state index in [1.54, 1.807) is 12.3 Å². The van der Waals surface area contributed by atoms with Gasteiger partial charge in [-0.1, -0.05) is 6.92 Å². The molecule has 2 saturated heterocycles. The van der Waals surface area contributed by atoms with Crippen LogP contribution < -0.4 is 5.32 Å². The van der Waals surface area contributed by atoms with Crippen molar-refractivity contribution in [2.24, 2.45) is 5.92 Å². The molecule has 148 valence electrons. The molecule has 2 aliphatic rings. The quantitative estimate of drug-likeness (QED) is 0.761. The molecule has 0 saturated carbocycles. The summed E-state index contributed by atoms with van der Waals surface area (Å²) in [5, 5.41) is 2.88. The van der Waals surface area contributed by atoms with Gasteiger partial charge in [0.1, 0.15) is 5.82 Å². The third kappa shape index (κ3) is 5.73. The third-order valence-corrected chi connectivity index (χ3v) is 5.63. The standard InChI is InChI=1S/C19H27BrN4O3/c1-2-16-12-24(8-9-27-16)18(25)13-23-7-3-4-14(11-23)19(26)22-17-6-5-15(20)10-21-17/h5-6,10,14,16H,2-4,7-9,11-13H2,1H3,(H,21,22,26). The van der Waals surface area contributed by atoms with E-state index >= 15 is 0 Å². The van der Waals surface area contributed by atoms with Crippen LogP contribution in [0.25, 0.3) is 0 Å². The maximum absolute atomic E-state index is 12.6. The maximum Gasteiger partial charge on any atom is 0.236 e. The van der Waals surface area contributed by atoms with E-state index in [0.717, 1.165) is 30.3 Å². The van der Waals surface area contributed by atoms with Crippen molar-refractivity contribution in [2.75, 3.05) is 44.6 Å². The fraction of sp³-hybridized carbons (Fsp3) is 0.632. The number of nitrogens with one attached hydrogen (secondary N) is 1. The Morgan fingerprint density at radius 2 is 2.19 bits per heavy atom. The predicted molar refractivity (Wildman–Crippen MR) is 106 cm³/mol. The van der Waals surface area contributed by atoms with Gasteiger partial charge in [-0.05, 0) is 53.9 Å². The molecule has 3 heterocycles. The molecule has 0 radical (unpaired) electrons. The van der Waals surface area contributed by atoms with Crippen LogP contribution in [0.1, 0.15) is 26.2 Å². The minimum Gasteiger partial charge on any atom is -0.375 e. The molecule has 0 bridgehead atoms. The molecule has 2 amide bonds. The largest absolute Gasteiger partial charge is 0.375 e. The molecule has 3 rings (SSSR count). The number of morpholine rings is 1. The van der Waals surface area contributed by atoms with Crippen molar-refractivity contribution in [1.29, 1.82) is 0 Å². The van der Waals surface area contributed by atoms with E-state index in [9.17, 15) is 9.59 Å². The summed E-state index contributed by atoms with van der Waals surface area (Å²) < 4.78 is 6.51. The smallest absolute Gasteiger partial charge is 0.236 e. The molecule has 0 spiro atoms. The van der Waals surface area contributed by atoms with E-state index in [4.69, 9.17) is 4.74 Å². The number of amides is 2. The highest BCUT2D eigenvalue weighted by atomic mass is 79.9. The fourth-order valence-electron chi connectivity index (χ4n) is 3.58. The van der Waals surface area contributed by atoms with Crippen LogP contribution >= 0.6 is 15.9 Å². The van der Waals surface area contributed by atoms with Gasteiger partial charge in [0.25, 0.3) is 0 Å². The highest BCUT2D eigenvalue weighted by Crippen LogP contribution is 2.19. The fourth-order valence-corrected chi connectivity index (χ4v) is 3.81. The predicted octanol–water partition coefficient (Wildman–Crippen LogP) is 2.13. The maximum atomic E-state index is 12.6. The number of halogens is 1. The van der Waals surface area contributed by atoms with Crippen LogP contribution in [0.2, 0.25) is 0 Å². The number of hydrogen-bond donors (Lipinski definition) is 1. The van der Waals surface area contributed by atoms with Gasteiger partial charge < -0.3 is 15.0 Å². The molecule has 2 unspecified atom stereocenters. The van der Waals surface area contributed by atoms with Gasteiger partial charge in [0.05, 0.1) is 25.2 Å². The lowest BCUT2D eigenvalue weighted by Gasteiger charge is -2.36. The summed E-state index contributed by atoms with van der Waals surface area (Å²) in [4.78, 5) is 33.4. The second-order valence-electron chi connectivity index (χ2n) is 7.17. The first-order valence-corrected chi connectivity index (χ1v) is 10.4. The van der Waals surface area contributed by atoms with E-state index in [-0.39, 0.29) is 23.8 Å². The van der Waals surface area contributed by atoms with Gasteiger partial charge in [-0.15, -0.1) is 0 Å². The lowest BCUT2D eigenvalue weighted by molar-refractivity contribution is -0.141. The zero-order chi connectivity index (χ0) is 19.2. The van der Waals surface area contributed by atoms with Gasteiger partial charge in [0, 0.05) is 30.3 Å². The molecule has 2 aliphatic heterocycles. The van der Waals surface area contributed by atoms with Crippen LogP contribution in [0.15, 0.2) is 22.8 Å². The first kappa shape index (κ1) is 20.2. The summed E-state index contributed by atoms with van der Waals surface area (Å²) in [6.07, 6.45) is 4.47. The molecule has 27 heavy (non-hydrogen) atoms. The normalized spacial score (nSPS) is 23.9. The van der Waals surface area contributed by atoms with Gasteiger partial charge in [-0.25, -0.2) is 4.98 Å². The number of anilines is 1. The van der Waals surface area contributed by atoms with E-state index in [2.05, 4.69) is 38.1 Å². The average molecular weight is 439 g/mol. The molecule has 1 aromatic heterocycles. The van der Waals surface area contributed by atoms with E-state index in [1.807, 2.05) is 11.0 Å². The second-order valence-corrected chi connectivity index (χ2v) is 8.08. The van der Waals surface area contributed by atoms with Crippen molar-refractivity contribution in [3.8, 4) is 0 Å². The molecule has 0 aliphatic carbocycles. The van der Waals surface area contributed by atoms with Gasteiger partial charge in [0.15, 0.2) is 0 Å². The highest BCUT2D eigenvalue weighted by molar-refractivity contribution is 9.10. The number of ether oxygens (including phenoxy) is 1. The number of aromatic nitrogens is 1. The monoisotopic (exact) mass is 438 g/mol. The lowest BCUT2D eigenvalue weighted by Crippen LogP contribution is -2.50. The summed E-state index contributed by atoms with van der Waals surface area (Å²) in [5.74, 6) is 0.534. The summed E-state index contributed by atoms with van der Waals surface area (Å²) in [7, 11) is 0. The first-order chi connectivity index (χ1) is 13.0. The Bertz CT molecular complexity index is 655. The zero-order valence-electron chi connectivity index (χ0n) is 15.7. The first-order valence-electron chi connectivity index (χ1n) is 9.59. The van der Waals surface area contributed by atoms with Gasteiger partial charge in [-0.3, -0.25) is 14.5 Å². The summed E-state index contributed by atoms with van der Waals surface area (Å²) in [6.45, 7) is 5.84. The number of piperidine rings is 1. The summed E-state index contributed by atoms with van der Waals surface area (Å²) in [5.41, 5.74) is 0. The summed E-state index contributed by atoms with van der Waals surface area (Å²) in [6, 6.07) is 3.62. The van der Waals surface area contributed by atoms with Crippen molar-refractivity contribution in [1.82, 2.24) is 14.8 Å². The highest BCUT2D eigenvalue weighted by Gasteiger charge is 2.29. The Kier molecular flexibility index (Phi) is 7.20. The Labute approximate surface area is 168 Å². The Morgan fingerprint density at radius 1 is 1.33 bits per heavy atom. The number of nitrogens with zero attached hydrogens (tertiary/aromatic N) is 3. The van der Waals surface area contributed by atoms with Gasteiger partial charge in [0.2, 0.25) is 11.8 Å². The molecular formula is C19H27BrN4O3. The van der Waals surface area contributed by atoms with Crippen molar-refractivity contribution < 1.29 is 14.3 Å². The Morgan fingerprint density at radius 3 is 2.93 bits per heavy atom. The number of pyridine rings is 1. The van der Waals surface area contributed by atoms with Gasteiger partial charge >= 0.3 is 0 Å². The van der Waals surface area contributed by atoms with Crippen LogP contribution in [-0.4, -0.2) is 72.0 Å². The SMILES string of the molecule is CCC1CN(C(=O)CN2CCCC(C(=O)Nc3ccc(Br)cn3)C2)CCO1. The molecule has 8 heteroatoms. The Balaban J connectivity index is 1.50. The number of likely N-dealkylation sites (tertiary alicyclic amines) is 1. The molecule has 0 aromatic carbocycles. The van der Waals surface area contributed by atoms with Crippen molar-refractivity contribution in [3.63, 3.8) is 0 Å². The van der Waals surface area contributed by atoms with Crippen molar-refractivity contribution in [2.45, 2.75) is 32.3 Å². The average Bonchev–Trinajstić information content (AvgIpc) is 2.70. The van der Waals surface area contributed by atoms with Crippen LogP contribution in [0.4, 0.5) is 5.82 Å².